The third kappa shape index (κ3) is 4.43. The Morgan fingerprint density at radius 2 is 1.83 bits per heavy atom. The summed E-state index contributed by atoms with van der Waals surface area (Å²) in [6.07, 6.45) is 10.2. The lowest BCUT2D eigenvalue weighted by Crippen LogP contribution is -2.39. The topological polar surface area (TPSA) is 43.4 Å². The summed E-state index contributed by atoms with van der Waals surface area (Å²) in [5.74, 6) is 0.157. The molecule has 2 aliphatic heterocycles. The quantitative estimate of drug-likeness (QED) is 0.660. The summed E-state index contributed by atoms with van der Waals surface area (Å²) < 4.78 is 5.62. The van der Waals surface area contributed by atoms with Crippen LogP contribution in [-0.2, 0) is 14.3 Å². The molecule has 126 valence electrons. The summed E-state index contributed by atoms with van der Waals surface area (Å²) in [4.78, 5) is 25.0. The molecule has 3 heteroatoms. The number of esters is 1. The molecular formula is C20H28O3. The lowest BCUT2D eigenvalue weighted by atomic mass is 9.90. The highest BCUT2D eigenvalue weighted by molar-refractivity contribution is 5.94. The second-order valence-corrected chi connectivity index (χ2v) is 7.22. The van der Waals surface area contributed by atoms with Crippen molar-refractivity contribution in [3.8, 4) is 0 Å². The van der Waals surface area contributed by atoms with Gasteiger partial charge in [0.15, 0.2) is 11.4 Å². The lowest BCUT2D eigenvalue weighted by molar-refractivity contribution is -0.162. The van der Waals surface area contributed by atoms with Gasteiger partial charge in [-0.2, -0.15) is 0 Å². The number of Topliss-reactive ketones (excluding diaryl/α,β-unsaturated/α-hetero) is 1. The smallest absolute Gasteiger partial charge is 0.334 e. The molecule has 0 radical (unpaired) electrons. The van der Waals surface area contributed by atoms with Crippen LogP contribution in [0, 0.1) is 5.92 Å². The molecular weight excluding hydrogens is 288 g/mol. The number of carbonyl (C=O) groups excluding carboxylic acids is 2. The normalized spacial score (nSPS) is 27.1. The van der Waals surface area contributed by atoms with Crippen LogP contribution in [0.3, 0.4) is 0 Å². The van der Waals surface area contributed by atoms with Crippen molar-refractivity contribution in [2.75, 3.05) is 0 Å². The number of ether oxygens (including phenoxy) is 1. The lowest BCUT2D eigenvalue weighted by Gasteiger charge is -2.26. The van der Waals surface area contributed by atoms with Gasteiger partial charge in [0, 0.05) is 12.0 Å². The first-order valence-corrected chi connectivity index (χ1v) is 8.64. The zero-order valence-electron chi connectivity index (χ0n) is 14.8. The van der Waals surface area contributed by atoms with Crippen molar-refractivity contribution >= 4 is 11.8 Å². The summed E-state index contributed by atoms with van der Waals surface area (Å²) in [6, 6.07) is 0. The van der Waals surface area contributed by atoms with Gasteiger partial charge in [-0.1, -0.05) is 43.2 Å². The van der Waals surface area contributed by atoms with Crippen LogP contribution in [0.1, 0.15) is 66.2 Å². The second kappa shape index (κ2) is 7.29. The zero-order chi connectivity index (χ0) is 17.0. The predicted molar refractivity (Wildman–Crippen MR) is 92.0 cm³/mol. The molecule has 0 saturated heterocycles. The fourth-order valence-electron chi connectivity index (χ4n) is 3.08. The van der Waals surface area contributed by atoms with Crippen molar-refractivity contribution in [3.05, 3.63) is 34.9 Å². The van der Waals surface area contributed by atoms with E-state index in [1.54, 1.807) is 6.92 Å². The Labute approximate surface area is 139 Å². The fourth-order valence-corrected chi connectivity index (χ4v) is 3.08. The largest absolute Gasteiger partial charge is 0.448 e. The number of rotatable bonds is 1. The van der Waals surface area contributed by atoms with Crippen molar-refractivity contribution in [3.63, 3.8) is 0 Å². The van der Waals surface area contributed by atoms with Crippen molar-refractivity contribution in [1.29, 1.82) is 0 Å². The summed E-state index contributed by atoms with van der Waals surface area (Å²) in [6.45, 7) is 8.17. The van der Waals surface area contributed by atoms with Crippen molar-refractivity contribution in [2.24, 2.45) is 5.92 Å². The highest BCUT2D eigenvalue weighted by atomic mass is 16.6. The van der Waals surface area contributed by atoms with E-state index >= 15 is 0 Å². The van der Waals surface area contributed by atoms with Gasteiger partial charge in [0.2, 0.25) is 0 Å². The van der Waals surface area contributed by atoms with Gasteiger partial charge < -0.3 is 4.74 Å². The molecule has 3 nitrogen and oxygen atoms in total. The number of allylic oxidation sites excluding steroid dienone is 5. The van der Waals surface area contributed by atoms with E-state index < -0.39 is 5.60 Å². The van der Waals surface area contributed by atoms with E-state index in [4.69, 9.17) is 4.74 Å². The van der Waals surface area contributed by atoms with Crippen molar-refractivity contribution in [2.45, 2.75) is 71.8 Å². The van der Waals surface area contributed by atoms with Gasteiger partial charge in [-0.3, -0.25) is 4.79 Å². The third-order valence-corrected chi connectivity index (χ3v) is 4.94. The van der Waals surface area contributed by atoms with Gasteiger partial charge in [0.25, 0.3) is 0 Å². The molecule has 2 bridgehead atoms. The SMILES string of the molecule is CC1=CC=C(C(C)C)CCC2=CCCC(C)(OC2=O)C(=O)CC1. The minimum atomic E-state index is -0.974. The average Bonchev–Trinajstić information content (AvgIpc) is 2.62. The van der Waals surface area contributed by atoms with Gasteiger partial charge in [0.1, 0.15) is 0 Å². The molecule has 0 aliphatic carbocycles. The number of hydrogen-bond acceptors (Lipinski definition) is 3. The summed E-state index contributed by atoms with van der Waals surface area (Å²) >= 11 is 0. The van der Waals surface area contributed by atoms with E-state index in [0.29, 0.717) is 37.2 Å². The molecule has 2 heterocycles. The Morgan fingerprint density at radius 1 is 1.09 bits per heavy atom. The van der Waals surface area contributed by atoms with Crippen LogP contribution in [0.25, 0.3) is 0 Å². The number of hydrogen-bond donors (Lipinski definition) is 0. The highest BCUT2D eigenvalue weighted by Gasteiger charge is 2.38. The van der Waals surface area contributed by atoms with Crippen LogP contribution in [0.5, 0.6) is 0 Å². The molecule has 23 heavy (non-hydrogen) atoms. The maximum atomic E-state index is 12.6. The maximum Gasteiger partial charge on any atom is 0.334 e. The third-order valence-electron chi connectivity index (χ3n) is 4.94. The molecule has 0 aromatic carbocycles. The summed E-state index contributed by atoms with van der Waals surface area (Å²) in [7, 11) is 0. The van der Waals surface area contributed by atoms with Crippen LogP contribution in [-0.4, -0.2) is 17.4 Å². The molecule has 2 rings (SSSR count). The second-order valence-electron chi connectivity index (χ2n) is 7.22. The average molecular weight is 316 g/mol. The van der Waals surface area contributed by atoms with Gasteiger partial charge in [0.05, 0.1) is 0 Å². The van der Waals surface area contributed by atoms with E-state index in [1.165, 1.54) is 11.1 Å². The molecule has 1 atom stereocenters. The zero-order valence-corrected chi connectivity index (χ0v) is 14.8. The monoisotopic (exact) mass is 316 g/mol. The number of ketones is 1. The Hall–Kier alpha value is -1.64. The fraction of sp³-hybridized carbons (Fsp3) is 0.600. The van der Waals surface area contributed by atoms with Crippen LogP contribution in [0.4, 0.5) is 0 Å². The Balaban J connectivity index is 2.34. The van der Waals surface area contributed by atoms with E-state index in [0.717, 1.165) is 12.8 Å². The molecule has 0 amide bonds. The van der Waals surface area contributed by atoms with Crippen molar-refractivity contribution < 1.29 is 14.3 Å². The first-order valence-electron chi connectivity index (χ1n) is 8.64. The summed E-state index contributed by atoms with van der Waals surface area (Å²) in [5.41, 5.74) is 2.26. The standard InChI is InChI=1S/C20H28O3/c1-14(2)16-9-7-15(3)8-12-18(21)20(4)13-5-6-17(11-10-16)19(22)23-20/h6-7,9,14H,5,8,10-13H2,1-4H3. The Bertz CT molecular complexity index is 578. The van der Waals surface area contributed by atoms with E-state index in [-0.39, 0.29) is 11.8 Å². The first-order chi connectivity index (χ1) is 10.8. The predicted octanol–water partition coefficient (Wildman–Crippen LogP) is 4.68. The Kier molecular flexibility index (Phi) is 5.61. The van der Waals surface area contributed by atoms with Gasteiger partial charge in [-0.25, -0.2) is 4.79 Å². The Morgan fingerprint density at radius 3 is 2.52 bits per heavy atom. The molecule has 0 aromatic heterocycles. The number of carbonyl (C=O) groups is 2. The summed E-state index contributed by atoms with van der Waals surface area (Å²) in [5, 5.41) is 0. The molecule has 0 N–H and O–H groups in total. The minimum absolute atomic E-state index is 0.0283. The molecule has 0 fully saturated rings. The highest BCUT2D eigenvalue weighted by Crippen LogP contribution is 2.30. The minimum Gasteiger partial charge on any atom is -0.448 e. The molecule has 2 aliphatic rings. The van der Waals surface area contributed by atoms with E-state index in [9.17, 15) is 9.59 Å². The maximum absolute atomic E-state index is 12.6. The number of fused-ring (bicyclic) bond motifs is 3. The van der Waals surface area contributed by atoms with E-state index in [2.05, 4.69) is 32.9 Å². The molecule has 0 saturated carbocycles. The van der Waals surface area contributed by atoms with Gasteiger partial charge >= 0.3 is 5.97 Å². The van der Waals surface area contributed by atoms with Gasteiger partial charge in [-0.15, -0.1) is 0 Å². The van der Waals surface area contributed by atoms with Crippen molar-refractivity contribution in [1.82, 2.24) is 0 Å². The van der Waals surface area contributed by atoms with Crippen LogP contribution in [0.2, 0.25) is 0 Å². The van der Waals surface area contributed by atoms with Crippen LogP contribution < -0.4 is 0 Å². The van der Waals surface area contributed by atoms with E-state index in [1.807, 2.05) is 6.08 Å². The molecule has 0 aromatic rings. The molecule has 1 unspecified atom stereocenters. The van der Waals surface area contributed by atoms with Crippen LogP contribution >= 0.6 is 0 Å². The molecule has 0 spiro atoms. The van der Waals surface area contributed by atoms with Gasteiger partial charge in [-0.05, 0) is 51.9 Å². The van der Waals surface area contributed by atoms with Crippen LogP contribution in [0.15, 0.2) is 34.9 Å². The first kappa shape index (κ1) is 17.7.